The third-order valence-corrected chi connectivity index (χ3v) is 6.09. The maximum Gasteiger partial charge on any atom is 0.458 e. The molecule has 2 aromatic rings. The highest BCUT2D eigenvalue weighted by atomic mass is 32.2. The van der Waals surface area contributed by atoms with Gasteiger partial charge in [0.25, 0.3) is 0 Å². The summed E-state index contributed by atoms with van der Waals surface area (Å²) in [5, 5.41) is -0.122. The number of fused-ring (bicyclic) bond motifs is 1. The molecule has 1 unspecified atom stereocenters. The number of hydrogen-bond acceptors (Lipinski definition) is 5. The van der Waals surface area contributed by atoms with Crippen molar-refractivity contribution < 1.29 is 40.1 Å². The smallest absolute Gasteiger partial charge is 0.458 e. The molecular weight excluding hydrogens is 471 g/mol. The van der Waals surface area contributed by atoms with Crippen molar-refractivity contribution in [3.05, 3.63) is 58.0 Å². The summed E-state index contributed by atoms with van der Waals surface area (Å²) in [5.41, 5.74) is -1.90. The molecule has 0 amide bonds. The lowest BCUT2D eigenvalue weighted by Crippen LogP contribution is -2.33. The average Bonchev–Trinajstić information content (AvgIpc) is 2.71. The van der Waals surface area contributed by atoms with Crippen LogP contribution >= 0.6 is 0 Å². The topological polar surface area (TPSA) is 73.6 Å². The summed E-state index contributed by atoms with van der Waals surface area (Å²) in [6, 6.07) is 2.99. The van der Waals surface area contributed by atoms with E-state index >= 15 is 0 Å². The molecule has 0 fully saturated rings. The minimum atomic E-state index is -5.79. The summed E-state index contributed by atoms with van der Waals surface area (Å²) < 4.78 is 87.9. The summed E-state index contributed by atoms with van der Waals surface area (Å²) in [7, 11) is -1.49. The van der Waals surface area contributed by atoms with E-state index in [-0.39, 0.29) is 34.6 Å². The summed E-state index contributed by atoms with van der Waals surface area (Å²) in [6.45, 7) is 5.25. The van der Waals surface area contributed by atoms with Crippen molar-refractivity contribution in [2.45, 2.75) is 50.5 Å². The van der Waals surface area contributed by atoms with Crippen LogP contribution in [0.15, 0.2) is 45.6 Å². The summed E-state index contributed by atoms with van der Waals surface area (Å²) >= 11 is 0. The van der Waals surface area contributed by atoms with Gasteiger partial charge in [0.2, 0.25) is 0 Å². The second-order valence-electron chi connectivity index (χ2n) is 7.49. The molecule has 0 aliphatic heterocycles. The molecule has 5 nitrogen and oxygen atoms in total. The number of unbranched alkanes of at least 4 members (excludes halogenated alkanes) is 3. The van der Waals surface area contributed by atoms with Crippen LogP contribution in [0.2, 0.25) is 0 Å². The average molecular weight is 494 g/mol. The SMILES string of the molecule is C=C(C)C(=O)OCCCCCCS(=O)Cc1cc(=O)oc2ccc(C(F)(F)C(F)(F)F)cc12. The van der Waals surface area contributed by atoms with Gasteiger partial charge in [-0.2, -0.15) is 22.0 Å². The minimum absolute atomic E-state index is 0.0751. The van der Waals surface area contributed by atoms with Crippen LogP contribution in [0.3, 0.4) is 0 Å². The van der Waals surface area contributed by atoms with E-state index in [0.29, 0.717) is 43.4 Å². The highest BCUT2D eigenvalue weighted by Gasteiger charge is 2.58. The third kappa shape index (κ3) is 7.21. The first-order valence-electron chi connectivity index (χ1n) is 10.0. The molecule has 0 bridgehead atoms. The van der Waals surface area contributed by atoms with Crippen molar-refractivity contribution in [2.24, 2.45) is 0 Å². The van der Waals surface area contributed by atoms with Gasteiger partial charge in [-0.05, 0) is 43.5 Å². The number of carbonyl (C=O) groups is 1. The number of rotatable bonds is 11. The van der Waals surface area contributed by atoms with Crippen molar-refractivity contribution in [3.8, 4) is 0 Å². The number of carbonyl (C=O) groups excluding carboxylic acids is 1. The zero-order valence-electron chi connectivity index (χ0n) is 17.8. The van der Waals surface area contributed by atoms with E-state index in [9.17, 15) is 35.8 Å². The molecule has 0 spiro atoms. The molecule has 0 saturated carbocycles. The van der Waals surface area contributed by atoms with Crippen molar-refractivity contribution in [1.29, 1.82) is 0 Å². The number of halogens is 5. The molecule has 0 N–H and O–H groups in total. The van der Waals surface area contributed by atoms with Crippen LogP contribution in [-0.2, 0) is 32.0 Å². The Morgan fingerprint density at radius 3 is 2.39 bits per heavy atom. The summed E-state index contributed by atoms with van der Waals surface area (Å²) in [4.78, 5) is 23.0. The lowest BCUT2D eigenvalue weighted by atomic mass is 10.0. The molecule has 1 aromatic carbocycles. The lowest BCUT2D eigenvalue weighted by molar-refractivity contribution is -0.289. The van der Waals surface area contributed by atoms with E-state index in [1.54, 1.807) is 6.92 Å². The van der Waals surface area contributed by atoms with Gasteiger partial charge in [0.1, 0.15) is 5.58 Å². The number of ether oxygens (including phenoxy) is 1. The second-order valence-corrected chi connectivity index (χ2v) is 9.07. The van der Waals surface area contributed by atoms with Gasteiger partial charge in [-0.15, -0.1) is 0 Å². The van der Waals surface area contributed by atoms with Gasteiger partial charge in [0.05, 0.1) is 6.61 Å². The van der Waals surface area contributed by atoms with E-state index in [1.165, 1.54) is 0 Å². The first kappa shape index (κ1) is 26.7. The fourth-order valence-electron chi connectivity index (χ4n) is 2.96. The molecule has 0 saturated heterocycles. The predicted octanol–water partition coefficient (Wildman–Crippen LogP) is 5.38. The maximum atomic E-state index is 13.7. The Kier molecular flexibility index (Phi) is 8.93. The van der Waals surface area contributed by atoms with E-state index < -0.39 is 40.1 Å². The van der Waals surface area contributed by atoms with E-state index in [2.05, 4.69) is 6.58 Å². The van der Waals surface area contributed by atoms with Crippen LogP contribution in [0.4, 0.5) is 22.0 Å². The normalized spacial score (nSPS) is 13.2. The van der Waals surface area contributed by atoms with Crippen molar-refractivity contribution in [2.75, 3.05) is 12.4 Å². The Morgan fingerprint density at radius 2 is 1.76 bits per heavy atom. The molecule has 2 rings (SSSR count). The quantitative estimate of drug-likeness (QED) is 0.138. The molecule has 1 heterocycles. The zero-order chi connectivity index (χ0) is 24.8. The second kappa shape index (κ2) is 11.0. The first-order chi connectivity index (χ1) is 15.3. The monoisotopic (exact) mass is 494 g/mol. The Labute approximate surface area is 189 Å². The van der Waals surface area contributed by atoms with Gasteiger partial charge in [0.15, 0.2) is 0 Å². The molecule has 11 heteroatoms. The lowest BCUT2D eigenvalue weighted by Gasteiger charge is -2.20. The number of alkyl halides is 5. The molecular formula is C22H23F5O5S. The van der Waals surface area contributed by atoms with Gasteiger partial charge in [0, 0.05) is 44.9 Å². The van der Waals surface area contributed by atoms with Crippen LogP contribution in [0, 0.1) is 0 Å². The van der Waals surface area contributed by atoms with Gasteiger partial charge in [-0.25, -0.2) is 9.59 Å². The number of benzene rings is 1. The maximum absolute atomic E-state index is 13.7. The van der Waals surface area contributed by atoms with Gasteiger partial charge in [-0.1, -0.05) is 19.4 Å². The van der Waals surface area contributed by atoms with Crippen molar-refractivity contribution >= 4 is 27.7 Å². The number of esters is 1. The Bertz CT molecular complexity index is 1090. The number of hydrogen-bond donors (Lipinski definition) is 0. The summed E-state index contributed by atoms with van der Waals surface area (Å²) in [5.74, 6) is -5.51. The van der Waals surface area contributed by atoms with Crippen LogP contribution < -0.4 is 5.63 Å². The minimum Gasteiger partial charge on any atom is -0.462 e. The van der Waals surface area contributed by atoms with Crippen molar-refractivity contribution in [1.82, 2.24) is 0 Å². The molecule has 182 valence electrons. The highest BCUT2D eigenvalue weighted by molar-refractivity contribution is 7.84. The van der Waals surface area contributed by atoms with Crippen LogP contribution in [0.1, 0.15) is 43.7 Å². The van der Waals surface area contributed by atoms with Crippen molar-refractivity contribution in [3.63, 3.8) is 0 Å². The molecule has 1 aromatic heterocycles. The molecule has 0 aliphatic carbocycles. The molecule has 33 heavy (non-hydrogen) atoms. The van der Waals surface area contributed by atoms with Crippen LogP contribution in [-0.4, -0.2) is 28.7 Å². The van der Waals surface area contributed by atoms with Gasteiger partial charge in [-0.3, -0.25) is 4.21 Å². The van der Waals surface area contributed by atoms with Gasteiger partial charge >= 0.3 is 23.7 Å². The zero-order valence-corrected chi connectivity index (χ0v) is 18.6. The van der Waals surface area contributed by atoms with E-state index in [0.717, 1.165) is 12.1 Å². The van der Waals surface area contributed by atoms with Gasteiger partial charge < -0.3 is 9.15 Å². The van der Waals surface area contributed by atoms with Crippen LogP contribution in [0.5, 0.6) is 0 Å². The summed E-state index contributed by atoms with van der Waals surface area (Å²) in [6.07, 6.45) is -3.21. The fourth-order valence-corrected chi connectivity index (χ4v) is 4.21. The van der Waals surface area contributed by atoms with E-state index in [1.807, 2.05) is 0 Å². The van der Waals surface area contributed by atoms with Crippen LogP contribution in [0.25, 0.3) is 11.0 Å². The molecule has 1 atom stereocenters. The standard InChI is InChI=1S/C22H23F5O5S/c1-14(2)20(29)31-9-5-3-4-6-10-33(30)13-15-11-19(28)32-18-8-7-16(12-17(15)18)21(23,24)22(25,26)27/h7-8,11-12H,1,3-6,9-10,13H2,2H3. The predicted molar refractivity (Wildman–Crippen MR) is 113 cm³/mol. The fraction of sp³-hybridized carbons (Fsp3) is 0.455. The highest BCUT2D eigenvalue weighted by Crippen LogP contribution is 2.44. The Hall–Kier alpha value is -2.56. The van der Waals surface area contributed by atoms with E-state index in [4.69, 9.17) is 9.15 Å². The first-order valence-corrected chi connectivity index (χ1v) is 11.5. The molecule has 0 radical (unpaired) electrons. The molecule has 0 aliphatic rings. The largest absolute Gasteiger partial charge is 0.462 e. The third-order valence-electron chi connectivity index (χ3n) is 4.71. The Balaban J connectivity index is 2.00. The Morgan fingerprint density at radius 1 is 1.09 bits per heavy atom.